The number of aliphatic hydroxyl groups is 2. The molecule has 0 fully saturated rings. The maximum atomic E-state index is 13.9. The Labute approximate surface area is 146 Å². The standard InChI is InChI=1S/C15H8ClF6NO3/c16-6-3-7(5-23-4-6)26-9-2-1-8-11(10(9)12(17)18)14(24,25)15(21,22)13(8,19)20/h1-5,12,24-25H. The summed E-state index contributed by atoms with van der Waals surface area (Å²) in [5.41, 5.74) is -4.82. The number of rotatable bonds is 3. The number of alkyl halides is 6. The summed E-state index contributed by atoms with van der Waals surface area (Å²) < 4.78 is 87.4. The quantitative estimate of drug-likeness (QED) is 0.595. The molecule has 140 valence electrons. The summed E-state index contributed by atoms with van der Waals surface area (Å²) in [5.74, 6) is -16.1. The Balaban J connectivity index is 2.23. The Morgan fingerprint density at radius 3 is 2.31 bits per heavy atom. The maximum Gasteiger partial charge on any atom is 0.371 e. The van der Waals surface area contributed by atoms with Crippen LogP contribution in [-0.2, 0) is 11.7 Å². The van der Waals surface area contributed by atoms with Gasteiger partial charge in [-0.3, -0.25) is 4.98 Å². The van der Waals surface area contributed by atoms with Gasteiger partial charge < -0.3 is 14.9 Å². The van der Waals surface area contributed by atoms with Crippen LogP contribution in [0.25, 0.3) is 0 Å². The van der Waals surface area contributed by atoms with Gasteiger partial charge in [0.1, 0.15) is 11.5 Å². The number of ether oxygens (including phenoxy) is 1. The monoisotopic (exact) mass is 399 g/mol. The van der Waals surface area contributed by atoms with Crippen LogP contribution in [0, 0.1) is 0 Å². The predicted molar refractivity (Wildman–Crippen MR) is 75.7 cm³/mol. The minimum absolute atomic E-state index is 0.0546. The molecule has 0 amide bonds. The van der Waals surface area contributed by atoms with E-state index in [-0.39, 0.29) is 10.8 Å². The first-order valence-electron chi connectivity index (χ1n) is 6.86. The SMILES string of the molecule is OC1(O)c2c(ccc(Oc3cncc(Cl)c3)c2C(F)F)C(F)(F)C1(F)F. The van der Waals surface area contributed by atoms with Crippen LogP contribution < -0.4 is 4.74 Å². The van der Waals surface area contributed by atoms with Crippen molar-refractivity contribution in [3.63, 3.8) is 0 Å². The van der Waals surface area contributed by atoms with Crippen LogP contribution in [0.2, 0.25) is 5.02 Å². The molecule has 1 aromatic heterocycles. The number of fused-ring (bicyclic) bond motifs is 1. The molecule has 0 saturated carbocycles. The summed E-state index contributed by atoms with van der Waals surface area (Å²) in [5, 5.41) is 19.2. The third-order valence-electron chi connectivity index (χ3n) is 3.85. The molecule has 0 radical (unpaired) electrons. The molecule has 0 unspecified atom stereocenters. The lowest BCUT2D eigenvalue weighted by Crippen LogP contribution is -2.49. The van der Waals surface area contributed by atoms with Gasteiger partial charge in [-0.25, -0.2) is 8.78 Å². The molecule has 4 nitrogen and oxygen atoms in total. The Kier molecular flexibility index (Phi) is 4.13. The predicted octanol–water partition coefficient (Wildman–Crippen LogP) is 4.34. The zero-order valence-corrected chi connectivity index (χ0v) is 13.1. The van der Waals surface area contributed by atoms with Crippen molar-refractivity contribution in [2.24, 2.45) is 0 Å². The summed E-state index contributed by atoms with van der Waals surface area (Å²) in [6.45, 7) is 0. The highest BCUT2D eigenvalue weighted by atomic mass is 35.5. The van der Waals surface area contributed by atoms with Gasteiger partial charge in [-0.2, -0.15) is 17.6 Å². The molecule has 3 rings (SSSR count). The van der Waals surface area contributed by atoms with Crippen LogP contribution >= 0.6 is 11.6 Å². The van der Waals surface area contributed by atoms with E-state index in [4.69, 9.17) is 16.3 Å². The van der Waals surface area contributed by atoms with Gasteiger partial charge in [0.2, 0.25) is 0 Å². The molecule has 11 heteroatoms. The number of pyridine rings is 1. The molecule has 0 atom stereocenters. The lowest BCUT2D eigenvalue weighted by molar-refractivity contribution is -0.358. The fourth-order valence-corrected chi connectivity index (χ4v) is 2.83. The zero-order chi connectivity index (χ0) is 19.5. The van der Waals surface area contributed by atoms with Crippen molar-refractivity contribution in [1.29, 1.82) is 0 Å². The van der Waals surface area contributed by atoms with E-state index in [2.05, 4.69) is 4.98 Å². The number of halogens is 7. The van der Waals surface area contributed by atoms with Gasteiger partial charge in [0.25, 0.3) is 12.2 Å². The topological polar surface area (TPSA) is 62.6 Å². The van der Waals surface area contributed by atoms with E-state index in [1.54, 1.807) is 0 Å². The summed E-state index contributed by atoms with van der Waals surface area (Å²) >= 11 is 5.66. The summed E-state index contributed by atoms with van der Waals surface area (Å²) in [6.07, 6.45) is -1.39. The van der Waals surface area contributed by atoms with Crippen molar-refractivity contribution in [2.45, 2.75) is 24.1 Å². The minimum Gasteiger partial charge on any atom is -0.455 e. The van der Waals surface area contributed by atoms with E-state index in [0.717, 1.165) is 12.3 Å². The van der Waals surface area contributed by atoms with Gasteiger partial charge in [0.05, 0.1) is 16.8 Å². The second-order valence-corrected chi connectivity index (χ2v) is 5.90. The van der Waals surface area contributed by atoms with Crippen LogP contribution in [0.5, 0.6) is 11.5 Å². The van der Waals surface area contributed by atoms with Crippen molar-refractivity contribution in [1.82, 2.24) is 4.98 Å². The molecular formula is C15H8ClF6NO3. The van der Waals surface area contributed by atoms with Gasteiger partial charge in [-0.1, -0.05) is 11.6 Å². The van der Waals surface area contributed by atoms with Gasteiger partial charge in [0.15, 0.2) is 0 Å². The molecule has 26 heavy (non-hydrogen) atoms. The Hall–Kier alpha value is -2.04. The van der Waals surface area contributed by atoms with Crippen LogP contribution in [0.4, 0.5) is 26.3 Å². The number of benzene rings is 1. The zero-order valence-electron chi connectivity index (χ0n) is 12.4. The van der Waals surface area contributed by atoms with Crippen LogP contribution in [0.3, 0.4) is 0 Å². The van der Waals surface area contributed by atoms with E-state index in [1.807, 2.05) is 0 Å². The molecule has 1 aromatic carbocycles. The van der Waals surface area contributed by atoms with Gasteiger partial charge in [-0.05, 0) is 12.1 Å². The highest BCUT2D eigenvalue weighted by Crippen LogP contribution is 2.62. The van der Waals surface area contributed by atoms with Crippen LogP contribution in [0.1, 0.15) is 23.1 Å². The minimum atomic E-state index is -5.43. The molecule has 1 aliphatic carbocycles. The molecule has 1 aliphatic rings. The number of hydrogen-bond acceptors (Lipinski definition) is 4. The average molecular weight is 400 g/mol. The highest BCUT2D eigenvalue weighted by Gasteiger charge is 2.77. The molecular weight excluding hydrogens is 392 g/mol. The second-order valence-electron chi connectivity index (χ2n) is 5.46. The number of nitrogens with zero attached hydrogens (tertiary/aromatic N) is 1. The largest absolute Gasteiger partial charge is 0.455 e. The lowest BCUT2D eigenvalue weighted by Gasteiger charge is -2.28. The fourth-order valence-electron chi connectivity index (χ4n) is 2.66. The van der Waals surface area contributed by atoms with Crippen LogP contribution in [-0.4, -0.2) is 21.1 Å². The number of aromatic nitrogens is 1. The van der Waals surface area contributed by atoms with Crippen molar-refractivity contribution in [3.05, 3.63) is 52.3 Å². The summed E-state index contributed by atoms with van der Waals surface area (Å²) in [6, 6.07) is 2.12. The van der Waals surface area contributed by atoms with Crippen molar-refractivity contribution in [3.8, 4) is 11.5 Å². The second kappa shape index (κ2) is 5.73. The Bertz CT molecular complexity index is 874. The molecule has 0 bridgehead atoms. The Morgan fingerprint density at radius 1 is 1.08 bits per heavy atom. The van der Waals surface area contributed by atoms with Gasteiger partial charge >= 0.3 is 11.8 Å². The first-order chi connectivity index (χ1) is 11.9. The molecule has 2 N–H and O–H groups in total. The fraction of sp³-hybridized carbons (Fsp3) is 0.267. The first kappa shape index (κ1) is 18.7. The van der Waals surface area contributed by atoms with Crippen molar-refractivity contribution in [2.75, 3.05) is 0 Å². The van der Waals surface area contributed by atoms with Crippen molar-refractivity contribution < 1.29 is 41.3 Å². The third-order valence-corrected chi connectivity index (χ3v) is 4.06. The Morgan fingerprint density at radius 2 is 1.73 bits per heavy atom. The maximum absolute atomic E-state index is 13.9. The van der Waals surface area contributed by atoms with Crippen molar-refractivity contribution >= 4 is 11.6 Å². The van der Waals surface area contributed by atoms with Crippen LogP contribution in [0.15, 0.2) is 30.6 Å². The average Bonchev–Trinajstić information content (AvgIpc) is 2.63. The van der Waals surface area contributed by atoms with E-state index < -0.39 is 46.5 Å². The molecule has 1 heterocycles. The molecule has 0 saturated heterocycles. The first-order valence-corrected chi connectivity index (χ1v) is 7.24. The van der Waals surface area contributed by atoms with E-state index in [1.165, 1.54) is 6.20 Å². The lowest BCUT2D eigenvalue weighted by atomic mass is 9.98. The van der Waals surface area contributed by atoms with Gasteiger partial charge in [0, 0.05) is 23.4 Å². The molecule has 0 aliphatic heterocycles. The van der Waals surface area contributed by atoms with E-state index in [0.29, 0.717) is 12.1 Å². The van der Waals surface area contributed by atoms with E-state index >= 15 is 0 Å². The van der Waals surface area contributed by atoms with Gasteiger partial charge in [-0.15, -0.1) is 0 Å². The molecule has 0 spiro atoms. The summed E-state index contributed by atoms with van der Waals surface area (Å²) in [4.78, 5) is 3.62. The molecule has 2 aromatic rings. The third kappa shape index (κ3) is 2.43. The normalized spacial score (nSPS) is 19.5. The smallest absolute Gasteiger partial charge is 0.371 e. The number of hydrogen-bond donors (Lipinski definition) is 2. The highest BCUT2D eigenvalue weighted by molar-refractivity contribution is 6.30. The van der Waals surface area contributed by atoms with E-state index in [9.17, 15) is 36.6 Å². The summed E-state index contributed by atoms with van der Waals surface area (Å²) in [7, 11) is 0.